The van der Waals surface area contributed by atoms with E-state index in [4.69, 9.17) is 4.74 Å². The number of hydrogen-bond acceptors (Lipinski definition) is 3. The number of rotatable bonds is 8. The molecule has 3 nitrogen and oxygen atoms in total. The summed E-state index contributed by atoms with van der Waals surface area (Å²) in [5.41, 5.74) is 0.622. The number of methoxy groups -OCH3 is 1. The molecule has 0 saturated heterocycles. The van der Waals surface area contributed by atoms with Crippen molar-refractivity contribution in [3.05, 3.63) is 29.8 Å². The van der Waals surface area contributed by atoms with Crippen molar-refractivity contribution < 1.29 is 9.84 Å². The van der Waals surface area contributed by atoms with E-state index in [9.17, 15) is 5.11 Å². The first-order chi connectivity index (χ1) is 9.39. The SMILES string of the molecule is CCC(C)C(C)(O)CNC(C)Cc1ccc(OC)cc1. The van der Waals surface area contributed by atoms with Gasteiger partial charge in [0.05, 0.1) is 12.7 Å². The molecule has 1 rings (SSSR count). The summed E-state index contributed by atoms with van der Waals surface area (Å²) < 4.78 is 5.16. The Kier molecular flexibility index (Phi) is 6.50. The monoisotopic (exact) mass is 279 g/mol. The zero-order chi connectivity index (χ0) is 15.2. The average molecular weight is 279 g/mol. The molecule has 0 aliphatic heterocycles. The summed E-state index contributed by atoms with van der Waals surface area (Å²) in [6.07, 6.45) is 1.93. The van der Waals surface area contributed by atoms with Gasteiger partial charge < -0.3 is 15.2 Å². The normalized spacial score (nSPS) is 17.3. The van der Waals surface area contributed by atoms with Crippen LogP contribution in [0.3, 0.4) is 0 Å². The van der Waals surface area contributed by atoms with E-state index in [2.05, 4.69) is 38.2 Å². The molecule has 2 N–H and O–H groups in total. The fourth-order valence-corrected chi connectivity index (χ4v) is 2.18. The number of aliphatic hydroxyl groups is 1. The van der Waals surface area contributed by atoms with Gasteiger partial charge in [0, 0.05) is 12.6 Å². The number of ether oxygens (including phenoxy) is 1. The lowest BCUT2D eigenvalue weighted by Gasteiger charge is -2.31. The van der Waals surface area contributed by atoms with Gasteiger partial charge in [-0.25, -0.2) is 0 Å². The molecule has 0 aromatic heterocycles. The Morgan fingerprint density at radius 2 is 1.85 bits per heavy atom. The lowest BCUT2D eigenvalue weighted by molar-refractivity contribution is 0.00371. The van der Waals surface area contributed by atoms with E-state index in [1.54, 1.807) is 7.11 Å². The quantitative estimate of drug-likeness (QED) is 0.768. The van der Waals surface area contributed by atoms with Gasteiger partial charge in [0.15, 0.2) is 0 Å². The zero-order valence-corrected chi connectivity index (χ0v) is 13.4. The van der Waals surface area contributed by atoms with Crippen molar-refractivity contribution in [2.75, 3.05) is 13.7 Å². The van der Waals surface area contributed by atoms with Gasteiger partial charge in [-0.3, -0.25) is 0 Å². The van der Waals surface area contributed by atoms with Gasteiger partial charge in [0.25, 0.3) is 0 Å². The van der Waals surface area contributed by atoms with E-state index < -0.39 is 5.60 Å². The summed E-state index contributed by atoms with van der Waals surface area (Å²) in [6, 6.07) is 8.47. The predicted octanol–water partition coefficient (Wildman–Crippen LogP) is 3.01. The molecule has 3 atom stereocenters. The Balaban J connectivity index is 2.45. The predicted molar refractivity (Wildman–Crippen MR) is 84.2 cm³/mol. The van der Waals surface area contributed by atoms with Gasteiger partial charge in [-0.1, -0.05) is 32.4 Å². The van der Waals surface area contributed by atoms with Crippen LogP contribution in [0.4, 0.5) is 0 Å². The van der Waals surface area contributed by atoms with Crippen molar-refractivity contribution in [2.45, 2.75) is 52.2 Å². The van der Waals surface area contributed by atoms with Crippen LogP contribution >= 0.6 is 0 Å². The van der Waals surface area contributed by atoms with Gasteiger partial charge >= 0.3 is 0 Å². The molecule has 0 fully saturated rings. The van der Waals surface area contributed by atoms with Crippen molar-refractivity contribution >= 4 is 0 Å². The number of nitrogens with one attached hydrogen (secondary N) is 1. The van der Waals surface area contributed by atoms with Crippen LogP contribution in [0, 0.1) is 5.92 Å². The molecule has 0 heterocycles. The largest absolute Gasteiger partial charge is 0.497 e. The first-order valence-electron chi connectivity index (χ1n) is 7.47. The molecule has 3 unspecified atom stereocenters. The van der Waals surface area contributed by atoms with Crippen LogP contribution in [0.15, 0.2) is 24.3 Å². The zero-order valence-electron chi connectivity index (χ0n) is 13.4. The average Bonchev–Trinajstić information content (AvgIpc) is 2.45. The highest BCUT2D eigenvalue weighted by molar-refractivity contribution is 5.27. The van der Waals surface area contributed by atoms with Crippen LogP contribution in [-0.4, -0.2) is 30.4 Å². The minimum atomic E-state index is -0.650. The maximum Gasteiger partial charge on any atom is 0.118 e. The van der Waals surface area contributed by atoms with E-state index >= 15 is 0 Å². The van der Waals surface area contributed by atoms with Crippen molar-refractivity contribution in [3.8, 4) is 5.75 Å². The molecule has 0 radical (unpaired) electrons. The second-order valence-electron chi connectivity index (χ2n) is 6.00. The van der Waals surface area contributed by atoms with Crippen molar-refractivity contribution in [1.82, 2.24) is 5.32 Å². The standard InChI is InChI=1S/C17H29NO2/c1-6-13(2)17(4,19)12-18-14(3)11-15-7-9-16(20-5)10-8-15/h7-10,13-14,18-19H,6,11-12H2,1-5H3. The molecular formula is C17H29NO2. The second kappa shape index (κ2) is 7.65. The van der Waals surface area contributed by atoms with Crippen LogP contribution in [0.5, 0.6) is 5.75 Å². The van der Waals surface area contributed by atoms with E-state index in [1.807, 2.05) is 19.1 Å². The van der Waals surface area contributed by atoms with Crippen LogP contribution < -0.4 is 10.1 Å². The molecule has 1 aromatic carbocycles. The first-order valence-corrected chi connectivity index (χ1v) is 7.47. The van der Waals surface area contributed by atoms with Gasteiger partial charge in [-0.2, -0.15) is 0 Å². The third-order valence-corrected chi connectivity index (χ3v) is 4.18. The van der Waals surface area contributed by atoms with E-state index in [0.29, 0.717) is 18.5 Å². The molecule has 20 heavy (non-hydrogen) atoms. The molecule has 3 heteroatoms. The summed E-state index contributed by atoms with van der Waals surface area (Å²) in [6.45, 7) is 8.89. The minimum Gasteiger partial charge on any atom is -0.497 e. The third-order valence-electron chi connectivity index (χ3n) is 4.18. The lowest BCUT2D eigenvalue weighted by atomic mass is 9.88. The minimum absolute atomic E-state index is 0.295. The molecule has 0 aliphatic carbocycles. The van der Waals surface area contributed by atoms with Gasteiger partial charge in [-0.05, 0) is 43.9 Å². The molecule has 0 saturated carbocycles. The summed E-state index contributed by atoms with van der Waals surface area (Å²) in [5, 5.41) is 13.8. The smallest absolute Gasteiger partial charge is 0.118 e. The molecule has 0 spiro atoms. The molecule has 0 bridgehead atoms. The van der Waals surface area contributed by atoms with Crippen molar-refractivity contribution in [2.24, 2.45) is 5.92 Å². The molecule has 1 aromatic rings. The van der Waals surface area contributed by atoms with Crippen LogP contribution in [0.2, 0.25) is 0 Å². The van der Waals surface area contributed by atoms with Crippen molar-refractivity contribution in [3.63, 3.8) is 0 Å². The Morgan fingerprint density at radius 1 is 1.25 bits per heavy atom. The fraction of sp³-hybridized carbons (Fsp3) is 0.647. The highest BCUT2D eigenvalue weighted by Crippen LogP contribution is 2.19. The first kappa shape index (κ1) is 17.0. The summed E-state index contributed by atoms with van der Waals surface area (Å²) in [5.74, 6) is 1.18. The van der Waals surface area contributed by atoms with Gasteiger partial charge in [0.2, 0.25) is 0 Å². The lowest BCUT2D eigenvalue weighted by Crippen LogP contribution is -2.46. The topological polar surface area (TPSA) is 41.5 Å². The highest BCUT2D eigenvalue weighted by atomic mass is 16.5. The Bertz CT molecular complexity index is 386. The molecule has 0 amide bonds. The molecule has 114 valence electrons. The number of hydrogen-bond donors (Lipinski definition) is 2. The van der Waals surface area contributed by atoms with Crippen LogP contribution in [0.25, 0.3) is 0 Å². The van der Waals surface area contributed by atoms with Gasteiger partial charge in [-0.15, -0.1) is 0 Å². The summed E-state index contributed by atoms with van der Waals surface area (Å²) in [4.78, 5) is 0. The Hall–Kier alpha value is -1.06. The van der Waals surface area contributed by atoms with E-state index in [-0.39, 0.29) is 0 Å². The molecule has 0 aliphatic rings. The van der Waals surface area contributed by atoms with Crippen molar-refractivity contribution in [1.29, 1.82) is 0 Å². The Morgan fingerprint density at radius 3 is 2.35 bits per heavy atom. The van der Waals surface area contributed by atoms with Gasteiger partial charge in [0.1, 0.15) is 5.75 Å². The fourth-order valence-electron chi connectivity index (χ4n) is 2.18. The van der Waals surface area contributed by atoms with Crippen LogP contribution in [0.1, 0.15) is 39.7 Å². The third kappa shape index (κ3) is 5.14. The maximum atomic E-state index is 10.4. The van der Waals surface area contributed by atoms with Crippen LogP contribution in [-0.2, 0) is 6.42 Å². The number of benzene rings is 1. The summed E-state index contributed by atoms with van der Waals surface area (Å²) in [7, 11) is 1.68. The second-order valence-corrected chi connectivity index (χ2v) is 6.00. The molecular weight excluding hydrogens is 250 g/mol. The Labute approximate surface area is 123 Å². The highest BCUT2D eigenvalue weighted by Gasteiger charge is 2.26. The van der Waals surface area contributed by atoms with E-state index in [1.165, 1.54) is 5.56 Å². The maximum absolute atomic E-state index is 10.4. The summed E-state index contributed by atoms with van der Waals surface area (Å²) >= 11 is 0. The van der Waals surface area contributed by atoms with E-state index in [0.717, 1.165) is 18.6 Å².